The summed E-state index contributed by atoms with van der Waals surface area (Å²) in [6, 6.07) is 4.38. The van der Waals surface area contributed by atoms with E-state index in [0.29, 0.717) is 34.8 Å². The van der Waals surface area contributed by atoms with E-state index in [9.17, 15) is 9.18 Å². The first kappa shape index (κ1) is 15.6. The predicted octanol–water partition coefficient (Wildman–Crippen LogP) is 3.34. The van der Waals surface area contributed by atoms with Crippen LogP contribution in [0.1, 0.15) is 47.0 Å². The fourth-order valence-corrected chi connectivity index (χ4v) is 2.61. The molecule has 1 amide bonds. The van der Waals surface area contributed by atoms with Gasteiger partial charge in [-0.25, -0.2) is 4.39 Å². The van der Waals surface area contributed by atoms with Crippen LogP contribution < -0.4 is 10.1 Å². The van der Waals surface area contributed by atoms with E-state index >= 15 is 0 Å². The fraction of sp³-hybridized carbons (Fsp3) is 0.353. The van der Waals surface area contributed by atoms with Crippen LogP contribution >= 0.6 is 0 Å². The van der Waals surface area contributed by atoms with Gasteiger partial charge in [0.15, 0.2) is 6.79 Å². The Balaban J connectivity index is 1.77. The third kappa shape index (κ3) is 3.22. The maximum atomic E-state index is 13.7. The molecule has 0 spiro atoms. The number of hydrogen-bond acceptors (Lipinski definition) is 4. The van der Waals surface area contributed by atoms with Crippen molar-refractivity contribution in [2.24, 2.45) is 0 Å². The highest BCUT2D eigenvalue weighted by molar-refractivity contribution is 5.95. The number of halogens is 1. The smallest absolute Gasteiger partial charge is 0.255 e. The topological polar surface area (TPSA) is 60.7 Å². The summed E-state index contributed by atoms with van der Waals surface area (Å²) in [6.07, 6.45) is 1.49. The second kappa shape index (κ2) is 6.42. The second-order valence-electron chi connectivity index (χ2n) is 5.70. The summed E-state index contributed by atoms with van der Waals surface area (Å²) in [7, 11) is 0. The molecule has 0 atom stereocenters. The largest absolute Gasteiger partial charge is 0.468 e. The van der Waals surface area contributed by atoms with Crippen molar-refractivity contribution in [3.05, 3.63) is 52.7 Å². The van der Waals surface area contributed by atoms with Crippen molar-refractivity contribution >= 4 is 5.91 Å². The van der Waals surface area contributed by atoms with Crippen molar-refractivity contribution in [2.75, 3.05) is 6.79 Å². The molecule has 1 aromatic heterocycles. The molecule has 1 aromatic carbocycles. The molecule has 0 aliphatic carbocycles. The van der Waals surface area contributed by atoms with Gasteiger partial charge in [0.05, 0.1) is 18.4 Å². The Kier molecular flexibility index (Phi) is 4.34. The summed E-state index contributed by atoms with van der Waals surface area (Å²) in [5.74, 6) is 0.677. The molecule has 0 unspecified atom stereocenters. The molecule has 1 aliphatic heterocycles. The second-order valence-corrected chi connectivity index (χ2v) is 5.70. The molecule has 0 fully saturated rings. The normalized spacial score (nSPS) is 13.6. The lowest BCUT2D eigenvalue weighted by Gasteiger charge is -2.21. The minimum atomic E-state index is -0.381. The maximum Gasteiger partial charge on any atom is 0.255 e. The van der Waals surface area contributed by atoms with Crippen LogP contribution in [0.4, 0.5) is 4.39 Å². The number of nitrogens with one attached hydrogen (secondary N) is 1. The highest BCUT2D eigenvalue weighted by Crippen LogP contribution is 2.29. The molecule has 3 rings (SSSR count). The van der Waals surface area contributed by atoms with E-state index in [1.807, 2.05) is 13.8 Å². The van der Waals surface area contributed by atoms with Gasteiger partial charge in [-0.15, -0.1) is 0 Å². The first-order valence-electron chi connectivity index (χ1n) is 7.43. The van der Waals surface area contributed by atoms with Crippen LogP contribution in [-0.2, 0) is 17.9 Å². The molecule has 0 radical (unpaired) electrons. The molecular formula is C17H18FNO4. The molecule has 5 nitrogen and oxygen atoms in total. The molecule has 2 heterocycles. The molecule has 23 heavy (non-hydrogen) atoms. The average molecular weight is 319 g/mol. The van der Waals surface area contributed by atoms with Gasteiger partial charge < -0.3 is 19.2 Å². The van der Waals surface area contributed by atoms with Gasteiger partial charge in [0.2, 0.25) is 0 Å². The Morgan fingerprint density at radius 1 is 1.39 bits per heavy atom. The van der Waals surface area contributed by atoms with Gasteiger partial charge in [-0.2, -0.15) is 0 Å². The lowest BCUT2D eigenvalue weighted by atomic mass is 10.1. The Labute approximate surface area is 133 Å². The molecule has 1 aliphatic rings. The highest BCUT2D eigenvalue weighted by atomic mass is 19.1. The van der Waals surface area contributed by atoms with Crippen LogP contribution in [0.25, 0.3) is 0 Å². The SMILES string of the molecule is CC(C)c1occc1C(=O)NCc1cc(F)cc2c1OCOC2. The number of furan rings is 1. The zero-order chi connectivity index (χ0) is 16.4. The van der Waals surface area contributed by atoms with E-state index in [1.165, 1.54) is 18.4 Å². The molecule has 0 bridgehead atoms. The lowest BCUT2D eigenvalue weighted by molar-refractivity contribution is -0.0173. The van der Waals surface area contributed by atoms with E-state index in [4.69, 9.17) is 13.9 Å². The number of hydrogen-bond donors (Lipinski definition) is 1. The molecular weight excluding hydrogens is 301 g/mol. The first-order valence-corrected chi connectivity index (χ1v) is 7.43. The molecule has 122 valence electrons. The van der Waals surface area contributed by atoms with Crippen LogP contribution in [0.5, 0.6) is 5.75 Å². The maximum absolute atomic E-state index is 13.7. The zero-order valence-electron chi connectivity index (χ0n) is 13.0. The van der Waals surface area contributed by atoms with Crippen molar-refractivity contribution in [1.82, 2.24) is 5.32 Å². The van der Waals surface area contributed by atoms with Crippen LogP contribution in [0, 0.1) is 5.82 Å². The number of ether oxygens (including phenoxy) is 2. The Morgan fingerprint density at radius 2 is 2.22 bits per heavy atom. The standard InChI is InChI=1S/C17H18FNO4/c1-10(2)15-14(3-4-22-15)17(20)19-7-11-5-13(18)6-12-8-21-9-23-16(11)12/h3-6,10H,7-9H2,1-2H3,(H,19,20). The van der Waals surface area contributed by atoms with Gasteiger partial charge in [-0.05, 0) is 18.2 Å². The number of fused-ring (bicyclic) bond motifs is 1. The van der Waals surface area contributed by atoms with Gasteiger partial charge in [0, 0.05) is 23.6 Å². The Morgan fingerprint density at radius 3 is 3.00 bits per heavy atom. The number of rotatable bonds is 4. The number of amides is 1. The summed E-state index contributed by atoms with van der Waals surface area (Å²) < 4.78 is 29.6. The third-order valence-electron chi connectivity index (χ3n) is 3.66. The van der Waals surface area contributed by atoms with Crippen molar-refractivity contribution in [1.29, 1.82) is 0 Å². The minimum Gasteiger partial charge on any atom is -0.468 e. The average Bonchev–Trinajstić information content (AvgIpc) is 3.02. The first-order chi connectivity index (χ1) is 11.1. The van der Waals surface area contributed by atoms with E-state index in [2.05, 4.69) is 5.32 Å². The number of carbonyl (C=O) groups is 1. The molecule has 0 saturated carbocycles. The summed E-state index contributed by atoms with van der Waals surface area (Å²) >= 11 is 0. The Bertz CT molecular complexity index is 723. The number of benzene rings is 1. The van der Waals surface area contributed by atoms with Gasteiger partial charge in [0.1, 0.15) is 17.3 Å². The lowest BCUT2D eigenvalue weighted by Crippen LogP contribution is -2.25. The van der Waals surface area contributed by atoms with Gasteiger partial charge in [-0.1, -0.05) is 13.8 Å². The van der Waals surface area contributed by atoms with E-state index in [0.717, 1.165) is 0 Å². The van der Waals surface area contributed by atoms with Gasteiger partial charge in [0.25, 0.3) is 5.91 Å². The summed E-state index contributed by atoms with van der Waals surface area (Å²) in [5, 5.41) is 2.79. The summed E-state index contributed by atoms with van der Waals surface area (Å²) in [5.41, 5.74) is 1.73. The van der Waals surface area contributed by atoms with E-state index in [1.54, 1.807) is 6.07 Å². The van der Waals surface area contributed by atoms with Crippen molar-refractivity contribution in [2.45, 2.75) is 32.9 Å². The molecule has 0 saturated heterocycles. The van der Waals surface area contributed by atoms with E-state index in [-0.39, 0.29) is 31.0 Å². The zero-order valence-corrected chi connectivity index (χ0v) is 13.0. The van der Waals surface area contributed by atoms with E-state index < -0.39 is 0 Å². The van der Waals surface area contributed by atoms with Crippen molar-refractivity contribution in [3.8, 4) is 5.75 Å². The quantitative estimate of drug-likeness (QED) is 0.939. The third-order valence-corrected chi connectivity index (χ3v) is 3.66. The summed E-state index contributed by atoms with van der Waals surface area (Å²) in [6.45, 7) is 4.49. The minimum absolute atomic E-state index is 0.105. The van der Waals surface area contributed by atoms with Crippen LogP contribution in [0.3, 0.4) is 0 Å². The van der Waals surface area contributed by atoms with Gasteiger partial charge in [-0.3, -0.25) is 4.79 Å². The van der Waals surface area contributed by atoms with Gasteiger partial charge >= 0.3 is 0 Å². The van der Waals surface area contributed by atoms with Crippen LogP contribution in [0.15, 0.2) is 28.9 Å². The number of carbonyl (C=O) groups excluding carboxylic acids is 1. The Hall–Kier alpha value is -2.34. The monoisotopic (exact) mass is 319 g/mol. The molecule has 1 N–H and O–H groups in total. The van der Waals surface area contributed by atoms with Crippen molar-refractivity contribution < 1.29 is 23.1 Å². The molecule has 6 heteroatoms. The molecule has 2 aromatic rings. The van der Waals surface area contributed by atoms with Crippen LogP contribution in [0.2, 0.25) is 0 Å². The predicted molar refractivity (Wildman–Crippen MR) is 80.7 cm³/mol. The fourth-order valence-electron chi connectivity index (χ4n) is 2.61. The highest BCUT2D eigenvalue weighted by Gasteiger charge is 2.20. The summed E-state index contributed by atoms with van der Waals surface area (Å²) in [4.78, 5) is 12.3. The van der Waals surface area contributed by atoms with Crippen molar-refractivity contribution in [3.63, 3.8) is 0 Å². The van der Waals surface area contributed by atoms with Crippen LogP contribution in [-0.4, -0.2) is 12.7 Å².